The SMILES string of the molecule is CSc1ncc2c(n1)C(Cl)=NC(C)N2. The lowest BCUT2D eigenvalue weighted by atomic mass is 10.3. The molecular formula is C8H9ClN4S. The van der Waals surface area contributed by atoms with E-state index in [4.69, 9.17) is 11.6 Å². The highest BCUT2D eigenvalue weighted by Crippen LogP contribution is 2.23. The summed E-state index contributed by atoms with van der Waals surface area (Å²) in [6.07, 6.45) is 3.65. The van der Waals surface area contributed by atoms with E-state index in [2.05, 4.69) is 20.3 Å². The largest absolute Gasteiger partial charge is 0.361 e. The van der Waals surface area contributed by atoms with Crippen LogP contribution in [0.4, 0.5) is 5.69 Å². The molecule has 0 radical (unpaired) electrons. The summed E-state index contributed by atoms with van der Waals surface area (Å²) in [4.78, 5) is 12.6. The van der Waals surface area contributed by atoms with Crippen molar-refractivity contribution < 1.29 is 0 Å². The van der Waals surface area contributed by atoms with Crippen LogP contribution in [-0.2, 0) is 0 Å². The van der Waals surface area contributed by atoms with Crippen LogP contribution in [0.5, 0.6) is 0 Å². The first-order chi connectivity index (χ1) is 6.70. The van der Waals surface area contributed by atoms with E-state index in [-0.39, 0.29) is 6.17 Å². The number of halogens is 1. The highest BCUT2D eigenvalue weighted by Gasteiger charge is 2.18. The Hall–Kier alpha value is -0.810. The number of nitrogens with one attached hydrogen (secondary N) is 1. The predicted octanol–water partition coefficient (Wildman–Crippen LogP) is 1.96. The Bertz CT molecular complexity index is 393. The van der Waals surface area contributed by atoms with Gasteiger partial charge in [0.25, 0.3) is 0 Å². The molecule has 14 heavy (non-hydrogen) atoms. The molecule has 1 aromatic rings. The lowest BCUT2D eigenvalue weighted by Gasteiger charge is -2.19. The number of aliphatic imine (C=N–C) groups is 1. The van der Waals surface area contributed by atoms with Gasteiger partial charge in [0, 0.05) is 0 Å². The summed E-state index contributed by atoms with van der Waals surface area (Å²) in [5.41, 5.74) is 1.53. The fourth-order valence-corrected chi connectivity index (χ4v) is 1.85. The Labute approximate surface area is 91.2 Å². The number of hydrogen-bond acceptors (Lipinski definition) is 5. The third-order valence-electron chi connectivity index (χ3n) is 1.82. The van der Waals surface area contributed by atoms with E-state index in [0.29, 0.717) is 16.0 Å². The fraction of sp³-hybridized carbons (Fsp3) is 0.375. The van der Waals surface area contributed by atoms with Crippen LogP contribution in [0.25, 0.3) is 0 Å². The first kappa shape index (κ1) is 9.73. The van der Waals surface area contributed by atoms with Gasteiger partial charge in [0.05, 0.1) is 11.9 Å². The highest BCUT2D eigenvalue weighted by molar-refractivity contribution is 7.98. The maximum Gasteiger partial charge on any atom is 0.188 e. The van der Waals surface area contributed by atoms with Gasteiger partial charge in [-0.25, -0.2) is 15.0 Å². The number of nitrogens with zero attached hydrogens (tertiary/aromatic N) is 3. The van der Waals surface area contributed by atoms with Crippen LogP contribution in [0.2, 0.25) is 0 Å². The van der Waals surface area contributed by atoms with E-state index in [0.717, 1.165) is 5.69 Å². The molecule has 4 nitrogen and oxygen atoms in total. The number of aromatic nitrogens is 2. The quantitative estimate of drug-likeness (QED) is 0.590. The van der Waals surface area contributed by atoms with Crippen molar-refractivity contribution in [2.24, 2.45) is 4.99 Å². The fourth-order valence-electron chi connectivity index (χ4n) is 1.22. The van der Waals surface area contributed by atoms with E-state index < -0.39 is 0 Å². The minimum Gasteiger partial charge on any atom is -0.361 e. The molecule has 0 amide bonds. The molecule has 0 saturated carbocycles. The molecule has 2 rings (SSSR count). The molecule has 0 aliphatic carbocycles. The average Bonchev–Trinajstić information content (AvgIpc) is 2.17. The number of rotatable bonds is 1. The van der Waals surface area contributed by atoms with E-state index in [9.17, 15) is 0 Å². The predicted molar refractivity (Wildman–Crippen MR) is 59.3 cm³/mol. The molecule has 0 fully saturated rings. The van der Waals surface area contributed by atoms with Crippen molar-refractivity contribution in [2.45, 2.75) is 18.2 Å². The van der Waals surface area contributed by atoms with Crippen LogP contribution in [0.3, 0.4) is 0 Å². The maximum atomic E-state index is 5.98. The zero-order valence-electron chi connectivity index (χ0n) is 7.78. The zero-order valence-corrected chi connectivity index (χ0v) is 9.35. The van der Waals surface area contributed by atoms with Crippen LogP contribution in [0, 0.1) is 0 Å². The summed E-state index contributed by atoms with van der Waals surface area (Å²) in [5.74, 6) is 0. The Morgan fingerprint density at radius 2 is 2.36 bits per heavy atom. The van der Waals surface area contributed by atoms with Gasteiger partial charge in [-0.05, 0) is 13.2 Å². The van der Waals surface area contributed by atoms with Crippen LogP contribution in [-0.4, -0.2) is 27.6 Å². The molecule has 1 unspecified atom stereocenters. The number of hydrogen-bond donors (Lipinski definition) is 1. The second-order valence-corrected chi connectivity index (χ2v) is 3.99. The maximum absolute atomic E-state index is 5.98. The van der Waals surface area contributed by atoms with Crippen molar-refractivity contribution in [3.63, 3.8) is 0 Å². The Balaban J connectivity index is 2.48. The number of fused-ring (bicyclic) bond motifs is 1. The lowest BCUT2D eigenvalue weighted by Crippen LogP contribution is -2.22. The molecule has 74 valence electrons. The molecule has 1 aliphatic rings. The summed E-state index contributed by atoms with van der Waals surface area (Å²) in [5, 5.41) is 4.29. The second kappa shape index (κ2) is 3.74. The van der Waals surface area contributed by atoms with E-state index in [1.165, 1.54) is 11.8 Å². The van der Waals surface area contributed by atoms with E-state index in [1.807, 2.05) is 13.2 Å². The minimum atomic E-state index is -0.0151. The topological polar surface area (TPSA) is 50.2 Å². The third-order valence-corrected chi connectivity index (χ3v) is 2.65. The van der Waals surface area contributed by atoms with E-state index >= 15 is 0 Å². The standard InChI is InChI=1S/C8H9ClN4S/c1-4-11-5-3-10-8(14-2)13-6(5)7(9)12-4/h3-4,11H,1-2H3. The Kier molecular flexibility index (Phi) is 2.60. The van der Waals surface area contributed by atoms with E-state index in [1.54, 1.807) is 6.20 Å². The molecule has 1 aromatic heterocycles. The molecule has 0 saturated heterocycles. The van der Waals surface area contributed by atoms with Gasteiger partial charge in [-0.15, -0.1) is 0 Å². The van der Waals surface area contributed by atoms with Gasteiger partial charge in [-0.2, -0.15) is 0 Å². The first-order valence-electron chi connectivity index (χ1n) is 4.12. The first-order valence-corrected chi connectivity index (χ1v) is 5.72. The molecule has 1 aliphatic heterocycles. The summed E-state index contributed by atoms with van der Waals surface area (Å²) < 4.78 is 0. The number of anilines is 1. The summed E-state index contributed by atoms with van der Waals surface area (Å²) in [6, 6.07) is 0. The van der Waals surface area contributed by atoms with Crippen molar-refractivity contribution in [1.82, 2.24) is 9.97 Å². The van der Waals surface area contributed by atoms with Gasteiger partial charge in [0.15, 0.2) is 10.3 Å². The Morgan fingerprint density at radius 1 is 1.57 bits per heavy atom. The smallest absolute Gasteiger partial charge is 0.188 e. The van der Waals surface area contributed by atoms with Gasteiger partial charge in [0.2, 0.25) is 0 Å². The monoisotopic (exact) mass is 228 g/mol. The second-order valence-electron chi connectivity index (χ2n) is 2.86. The molecule has 1 N–H and O–H groups in total. The van der Waals surface area contributed by atoms with Crippen LogP contribution >= 0.6 is 23.4 Å². The van der Waals surface area contributed by atoms with Crippen LogP contribution in [0.15, 0.2) is 16.3 Å². The molecule has 0 bridgehead atoms. The zero-order chi connectivity index (χ0) is 10.1. The van der Waals surface area contributed by atoms with Crippen molar-refractivity contribution in [2.75, 3.05) is 11.6 Å². The number of thioether (sulfide) groups is 1. The summed E-state index contributed by atoms with van der Waals surface area (Å²) >= 11 is 7.46. The third kappa shape index (κ3) is 1.69. The lowest BCUT2D eigenvalue weighted by molar-refractivity contribution is 0.827. The normalized spacial score (nSPS) is 19.6. The van der Waals surface area contributed by atoms with Crippen molar-refractivity contribution in [3.05, 3.63) is 11.9 Å². The van der Waals surface area contributed by atoms with Crippen molar-refractivity contribution in [1.29, 1.82) is 0 Å². The van der Waals surface area contributed by atoms with Crippen LogP contribution in [0.1, 0.15) is 12.6 Å². The van der Waals surface area contributed by atoms with Gasteiger partial charge in [-0.3, -0.25) is 0 Å². The van der Waals surface area contributed by atoms with Gasteiger partial charge in [-0.1, -0.05) is 23.4 Å². The summed E-state index contributed by atoms with van der Waals surface area (Å²) in [7, 11) is 0. The van der Waals surface area contributed by atoms with Gasteiger partial charge in [0.1, 0.15) is 11.9 Å². The molecular weight excluding hydrogens is 220 g/mol. The molecule has 6 heteroatoms. The molecule has 0 aromatic carbocycles. The summed E-state index contributed by atoms with van der Waals surface area (Å²) in [6.45, 7) is 1.92. The van der Waals surface area contributed by atoms with Gasteiger partial charge < -0.3 is 5.32 Å². The van der Waals surface area contributed by atoms with Crippen molar-refractivity contribution >= 4 is 34.2 Å². The van der Waals surface area contributed by atoms with Crippen molar-refractivity contribution in [3.8, 4) is 0 Å². The van der Waals surface area contributed by atoms with Crippen LogP contribution < -0.4 is 5.32 Å². The molecule has 1 atom stereocenters. The molecule has 0 spiro atoms. The Morgan fingerprint density at radius 3 is 3.07 bits per heavy atom. The van der Waals surface area contributed by atoms with Gasteiger partial charge >= 0.3 is 0 Å². The minimum absolute atomic E-state index is 0.0151. The molecule has 2 heterocycles. The highest BCUT2D eigenvalue weighted by atomic mass is 35.5. The average molecular weight is 229 g/mol.